The molecule has 0 aliphatic carbocycles. The average Bonchev–Trinajstić information content (AvgIpc) is 2.03. The Morgan fingerprint density at radius 1 is 1.46 bits per heavy atom. The SMILES string of the molecule is Cc1cc(F)c(C#N)cc1B(O)O. The maximum atomic E-state index is 12.9. The Bertz CT molecular complexity index is 373. The summed E-state index contributed by atoms with van der Waals surface area (Å²) in [5.41, 5.74) is 0.373. The molecule has 1 aromatic rings. The van der Waals surface area contributed by atoms with Crippen molar-refractivity contribution in [2.75, 3.05) is 0 Å². The van der Waals surface area contributed by atoms with E-state index in [1.165, 1.54) is 0 Å². The molecular weight excluding hydrogens is 172 g/mol. The molecule has 0 saturated carbocycles. The minimum absolute atomic E-state index is 0.151. The van der Waals surface area contributed by atoms with Crippen molar-refractivity contribution < 1.29 is 14.4 Å². The molecule has 0 unspecified atom stereocenters. The van der Waals surface area contributed by atoms with Crippen molar-refractivity contribution in [3.05, 3.63) is 29.1 Å². The van der Waals surface area contributed by atoms with Crippen LogP contribution in [0.5, 0.6) is 0 Å². The maximum Gasteiger partial charge on any atom is 0.488 e. The highest BCUT2D eigenvalue weighted by Crippen LogP contribution is 2.06. The van der Waals surface area contributed by atoms with Gasteiger partial charge in [-0.1, -0.05) is 0 Å². The highest BCUT2D eigenvalue weighted by molar-refractivity contribution is 6.59. The third-order valence-corrected chi connectivity index (χ3v) is 1.75. The molecule has 0 amide bonds. The van der Waals surface area contributed by atoms with Crippen LogP contribution in [0.3, 0.4) is 0 Å². The molecule has 1 rings (SSSR count). The van der Waals surface area contributed by atoms with Crippen molar-refractivity contribution in [2.24, 2.45) is 0 Å². The fourth-order valence-electron chi connectivity index (χ4n) is 1.05. The third kappa shape index (κ3) is 1.86. The fraction of sp³-hybridized carbons (Fsp3) is 0.125. The summed E-state index contributed by atoms with van der Waals surface area (Å²) in [6, 6.07) is 3.86. The second-order valence-corrected chi connectivity index (χ2v) is 2.67. The summed E-state index contributed by atoms with van der Waals surface area (Å²) in [6.45, 7) is 1.54. The zero-order valence-corrected chi connectivity index (χ0v) is 6.95. The first kappa shape index (κ1) is 9.71. The molecule has 0 saturated heterocycles. The van der Waals surface area contributed by atoms with Gasteiger partial charge in [0, 0.05) is 0 Å². The summed E-state index contributed by atoms with van der Waals surface area (Å²) in [5.74, 6) is -0.649. The van der Waals surface area contributed by atoms with E-state index < -0.39 is 12.9 Å². The summed E-state index contributed by atoms with van der Waals surface area (Å²) in [4.78, 5) is 0. The Kier molecular flexibility index (Phi) is 2.66. The molecule has 1 aromatic carbocycles. The van der Waals surface area contributed by atoms with E-state index in [0.29, 0.717) is 5.56 Å². The van der Waals surface area contributed by atoms with Crippen LogP contribution in [0.4, 0.5) is 4.39 Å². The van der Waals surface area contributed by atoms with Crippen LogP contribution in [0.1, 0.15) is 11.1 Å². The number of halogens is 1. The normalized spacial score (nSPS) is 9.46. The highest BCUT2D eigenvalue weighted by atomic mass is 19.1. The highest BCUT2D eigenvalue weighted by Gasteiger charge is 2.16. The van der Waals surface area contributed by atoms with Gasteiger partial charge in [0.1, 0.15) is 11.9 Å². The summed E-state index contributed by atoms with van der Waals surface area (Å²) in [5, 5.41) is 26.1. The number of hydrogen-bond acceptors (Lipinski definition) is 3. The Labute approximate surface area is 75.2 Å². The molecule has 0 radical (unpaired) electrons. The van der Waals surface area contributed by atoms with Gasteiger partial charge in [-0.25, -0.2) is 4.39 Å². The topological polar surface area (TPSA) is 64.2 Å². The van der Waals surface area contributed by atoms with Crippen LogP contribution in [-0.4, -0.2) is 17.2 Å². The van der Waals surface area contributed by atoms with Gasteiger partial charge in [-0.3, -0.25) is 0 Å². The lowest BCUT2D eigenvalue weighted by Gasteiger charge is -2.04. The van der Waals surface area contributed by atoms with Gasteiger partial charge in [0.15, 0.2) is 0 Å². The molecule has 5 heteroatoms. The minimum atomic E-state index is -1.67. The standard InChI is InChI=1S/C8H7BFNO2/c1-5-2-8(10)6(4-11)3-7(5)9(12)13/h2-3,12-13H,1H3. The number of aryl methyl sites for hydroxylation is 1. The quantitative estimate of drug-likeness (QED) is 0.581. The number of rotatable bonds is 1. The van der Waals surface area contributed by atoms with E-state index >= 15 is 0 Å². The first-order valence-corrected chi connectivity index (χ1v) is 3.62. The monoisotopic (exact) mass is 179 g/mol. The van der Waals surface area contributed by atoms with E-state index in [1.54, 1.807) is 13.0 Å². The molecule has 0 aliphatic rings. The first-order chi connectivity index (χ1) is 6.06. The van der Waals surface area contributed by atoms with Crippen LogP contribution in [0.15, 0.2) is 12.1 Å². The van der Waals surface area contributed by atoms with Gasteiger partial charge in [-0.15, -0.1) is 0 Å². The van der Waals surface area contributed by atoms with E-state index in [1.807, 2.05) is 0 Å². The third-order valence-electron chi connectivity index (χ3n) is 1.75. The lowest BCUT2D eigenvalue weighted by Crippen LogP contribution is -2.32. The first-order valence-electron chi connectivity index (χ1n) is 3.62. The molecule has 3 nitrogen and oxygen atoms in total. The molecule has 0 spiro atoms. The molecule has 0 fully saturated rings. The summed E-state index contributed by atoms with van der Waals surface area (Å²) in [6.07, 6.45) is 0. The average molecular weight is 179 g/mol. The Balaban J connectivity index is 3.33. The molecule has 0 bridgehead atoms. The van der Waals surface area contributed by atoms with Crippen LogP contribution >= 0.6 is 0 Å². The molecule has 0 aliphatic heterocycles. The van der Waals surface area contributed by atoms with Gasteiger partial charge in [0.25, 0.3) is 0 Å². The van der Waals surface area contributed by atoms with Crippen LogP contribution in [-0.2, 0) is 0 Å². The van der Waals surface area contributed by atoms with Crippen LogP contribution in [0.25, 0.3) is 0 Å². The Morgan fingerprint density at radius 3 is 2.54 bits per heavy atom. The van der Waals surface area contributed by atoms with Gasteiger partial charge in [0.05, 0.1) is 5.56 Å². The zero-order valence-electron chi connectivity index (χ0n) is 6.95. The van der Waals surface area contributed by atoms with Gasteiger partial charge >= 0.3 is 7.12 Å². The maximum absolute atomic E-state index is 12.9. The van der Waals surface area contributed by atoms with E-state index in [-0.39, 0.29) is 11.0 Å². The summed E-state index contributed by atoms with van der Waals surface area (Å²) >= 11 is 0. The van der Waals surface area contributed by atoms with Crippen LogP contribution in [0, 0.1) is 24.1 Å². The van der Waals surface area contributed by atoms with E-state index in [9.17, 15) is 4.39 Å². The lowest BCUT2D eigenvalue weighted by molar-refractivity contribution is 0.425. The fourth-order valence-corrected chi connectivity index (χ4v) is 1.05. The van der Waals surface area contributed by atoms with E-state index in [0.717, 1.165) is 12.1 Å². The minimum Gasteiger partial charge on any atom is -0.423 e. The largest absolute Gasteiger partial charge is 0.488 e. The van der Waals surface area contributed by atoms with Crippen molar-refractivity contribution in [1.82, 2.24) is 0 Å². The zero-order chi connectivity index (χ0) is 10.0. The van der Waals surface area contributed by atoms with Gasteiger partial charge in [0.2, 0.25) is 0 Å². The molecule has 0 aromatic heterocycles. The van der Waals surface area contributed by atoms with Gasteiger partial charge < -0.3 is 10.0 Å². The predicted molar refractivity (Wildman–Crippen MR) is 45.7 cm³/mol. The number of nitriles is 1. The Morgan fingerprint density at radius 2 is 2.08 bits per heavy atom. The molecule has 66 valence electrons. The van der Waals surface area contributed by atoms with Gasteiger partial charge in [-0.2, -0.15) is 5.26 Å². The lowest BCUT2D eigenvalue weighted by atomic mass is 9.76. The molecule has 2 N–H and O–H groups in total. The van der Waals surface area contributed by atoms with Crippen LogP contribution in [0.2, 0.25) is 0 Å². The van der Waals surface area contributed by atoms with Crippen molar-refractivity contribution in [2.45, 2.75) is 6.92 Å². The number of hydrogen-bond donors (Lipinski definition) is 2. The second kappa shape index (κ2) is 3.56. The molecule has 13 heavy (non-hydrogen) atoms. The predicted octanol–water partition coefficient (Wildman–Crippen LogP) is -0.314. The molecular formula is C8H7BFNO2. The Hall–Kier alpha value is -1.38. The second-order valence-electron chi connectivity index (χ2n) is 2.67. The smallest absolute Gasteiger partial charge is 0.423 e. The van der Waals surface area contributed by atoms with Crippen molar-refractivity contribution in [3.8, 4) is 6.07 Å². The number of benzene rings is 1. The number of nitrogens with zero attached hydrogens (tertiary/aromatic N) is 1. The van der Waals surface area contributed by atoms with Crippen molar-refractivity contribution in [1.29, 1.82) is 5.26 Å². The van der Waals surface area contributed by atoms with Gasteiger partial charge in [-0.05, 0) is 30.1 Å². The van der Waals surface area contributed by atoms with E-state index in [2.05, 4.69) is 0 Å². The van der Waals surface area contributed by atoms with Crippen LogP contribution < -0.4 is 5.46 Å². The summed E-state index contributed by atoms with van der Waals surface area (Å²) < 4.78 is 12.9. The summed E-state index contributed by atoms with van der Waals surface area (Å²) in [7, 11) is -1.67. The molecule has 0 atom stereocenters. The molecule has 0 heterocycles. The van der Waals surface area contributed by atoms with Crippen molar-refractivity contribution >= 4 is 12.6 Å². The van der Waals surface area contributed by atoms with Crippen molar-refractivity contribution in [3.63, 3.8) is 0 Å². The van der Waals surface area contributed by atoms with E-state index in [4.69, 9.17) is 15.3 Å².